The number of hydrogen-bond acceptors (Lipinski definition) is 0. The Bertz CT molecular complexity index is 138. The first-order valence-electron chi connectivity index (χ1n) is 2.01. The van der Waals surface area contributed by atoms with Gasteiger partial charge in [0.2, 0.25) is 0 Å². The van der Waals surface area contributed by atoms with Crippen LogP contribution in [0.1, 0.15) is 0 Å². The van der Waals surface area contributed by atoms with Crippen molar-refractivity contribution in [1.29, 1.82) is 0 Å². The largest absolute Gasteiger partial charge is 0.334 e. The fraction of sp³-hybridized carbons (Fsp3) is 0. The van der Waals surface area contributed by atoms with E-state index in [4.69, 9.17) is 0 Å². The van der Waals surface area contributed by atoms with E-state index in [2.05, 4.69) is 0 Å². The average molecular weight is 281 g/mol. The molecule has 0 saturated carbocycles. The van der Waals surface area contributed by atoms with E-state index in [1.165, 1.54) is 0 Å². The van der Waals surface area contributed by atoms with Gasteiger partial charge in [-0.05, 0) is 0 Å². The van der Waals surface area contributed by atoms with Crippen molar-refractivity contribution in [2.24, 2.45) is 0 Å². The minimum atomic E-state index is -2.91. The second-order valence-electron chi connectivity index (χ2n) is 1.04. The molecule has 0 aliphatic rings. The molecule has 9 heteroatoms. The molecule has 0 aromatic carbocycles. The van der Waals surface area contributed by atoms with Crippen molar-refractivity contribution in [3.63, 3.8) is 0 Å². The first-order chi connectivity index (χ1) is 5.29. The van der Waals surface area contributed by atoms with Gasteiger partial charge >= 0.3 is 24.3 Å². The van der Waals surface area contributed by atoms with Crippen LogP contribution in [0.3, 0.4) is 0 Å². The van der Waals surface area contributed by atoms with Gasteiger partial charge in [0.05, 0.1) is 0 Å². The highest BCUT2D eigenvalue weighted by molar-refractivity contribution is 8.93. The Morgan fingerprint density at radius 1 is 0.385 bits per heavy atom. The van der Waals surface area contributed by atoms with Gasteiger partial charge in [-0.25, -0.2) is 0 Å². The van der Waals surface area contributed by atoms with Crippen LogP contribution in [0.2, 0.25) is 0 Å². The normalized spacial score (nSPS) is 7.38. The molecular formula is C4HBrF8. The molecule has 0 aromatic rings. The Labute approximate surface area is 77.3 Å². The van der Waals surface area contributed by atoms with E-state index >= 15 is 0 Å². The molecule has 0 radical (unpaired) electrons. The fourth-order valence-corrected chi connectivity index (χ4v) is 0. The van der Waals surface area contributed by atoms with E-state index in [-0.39, 0.29) is 17.0 Å². The van der Waals surface area contributed by atoms with Gasteiger partial charge in [0.1, 0.15) is 0 Å². The Balaban J connectivity index is -0.000000143. The zero-order valence-corrected chi connectivity index (χ0v) is 7.15. The summed E-state index contributed by atoms with van der Waals surface area (Å²) in [5.74, 6) is 0. The molecule has 0 aliphatic carbocycles. The van der Waals surface area contributed by atoms with Gasteiger partial charge in [0, 0.05) is 0 Å². The van der Waals surface area contributed by atoms with Gasteiger partial charge in [0.25, 0.3) is 0 Å². The van der Waals surface area contributed by atoms with Crippen molar-refractivity contribution in [1.82, 2.24) is 0 Å². The molecule has 0 nitrogen and oxygen atoms in total. The predicted molar refractivity (Wildman–Crippen MR) is 33.2 cm³/mol. The van der Waals surface area contributed by atoms with E-state index in [0.29, 0.717) is 0 Å². The molecule has 0 atom stereocenters. The van der Waals surface area contributed by atoms with Gasteiger partial charge in [-0.1, -0.05) is 0 Å². The van der Waals surface area contributed by atoms with E-state index < -0.39 is 24.3 Å². The second-order valence-corrected chi connectivity index (χ2v) is 1.04. The molecule has 0 saturated heterocycles. The first-order valence-corrected chi connectivity index (χ1v) is 2.01. The van der Waals surface area contributed by atoms with Crippen LogP contribution in [0.5, 0.6) is 0 Å². The lowest BCUT2D eigenvalue weighted by molar-refractivity contribution is 0.308. The van der Waals surface area contributed by atoms with Crippen molar-refractivity contribution < 1.29 is 35.1 Å². The maximum absolute atomic E-state index is 10.3. The summed E-state index contributed by atoms with van der Waals surface area (Å²) in [5.41, 5.74) is 0. The standard InChI is InChI=1S/2C2F4.BrH/c2*3-1(4)2(5)6;/h;;1H. The smallest absolute Gasteiger partial charge is 0.167 e. The fourth-order valence-electron chi connectivity index (χ4n) is 0. The highest BCUT2D eigenvalue weighted by Gasteiger charge is 1.98. The molecule has 13 heavy (non-hydrogen) atoms. The topological polar surface area (TPSA) is 0 Å². The quantitative estimate of drug-likeness (QED) is 0.571. The number of hydrogen-bond donors (Lipinski definition) is 0. The van der Waals surface area contributed by atoms with Gasteiger partial charge in [0.15, 0.2) is 0 Å². The monoisotopic (exact) mass is 280 g/mol. The van der Waals surface area contributed by atoms with Crippen molar-refractivity contribution in [2.75, 3.05) is 0 Å². The summed E-state index contributed by atoms with van der Waals surface area (Å²) in [5, 5.41) is 0. The van der Waals surface area contributed by atoms with Crippen LogP contribution in [0.4, 0.5) is 35.1 Å². The summed E-state index contributed by atoms with van der Waals surface area (Å²) in [6.07, 6.45) is -11.6. The molecule has 0 aliphatic heterocycles. The van der Waals surface area contributed by atoms with Gasteiger partial charge < -0.3 is 0 Å². The molecule has 0 bridgehead atoms. The summed E-state index contributed by atoms with van der Waals surface area (Å²) >= 11 is 0. The molecule has 0 aromatic heterocycles. The van der Waals surface area contributed by atoms with Crippen molar-refractivity contribution >= 4 is 17.0 Å². The maximum atomic E-state index is 10.3. The van der Waals surface area contributed by atoms with Crippen LogP contribution in [0, 0.1) is 0 Å². The van der Waals surface area contributed by atoms with Crippen LogP contribution in [-0.2, 0) is 0 Å². The summed E-state index contributed by atoms with van der Waals surface area (Å²) in [6.45, 7) is 0. The summed E-state index contributed by atoms with van der Waals surface area (Å²) in [4.78, 5) is 0. The van der Waals surface area contributed by atoms with Crippen LogP contribution in [0.15, 0.2) is 24.3 Å². The molecular weight excluding hydrogens is 280 g/mol. The minimum absolute atomic E-state index is 0. The number of halogens is 9. The molecule has 80 valence electrons. The van der Waals surface area contributed by atoms with Crippen LogP contribution < -0.4 is 0 Å². The number of rotatable bonds is 0. The summed E-state index contributed by atoms with van der Waals surface area (Å²) in [7, 11) is 0. The Morgan fingerprint density at radius 2 is 0.462 bits per heavy atom. The predicted octanol–water partition coefficient (Wildman–Crippen LogP) is 4.56. The highest BCUT2D eigenvalue weighted by Crippen LogP contribution is 2.08. The lowest BCUT2D eigenvalue weighted by Crippen LogP contribution is -1.56. The third-order valence-corrected chi connectivity index (χ3v) is 0.286. The zero-order chi connectivity index (χ0) is 10.3. The zero-order valence-electron chi connectivity index (χ0n) is 5.43. The first kappa shape index (κ1) is 18.2. The van der Waals surface area contributed by atoms with E-state index in [1.807, 2.05) is 0 Å². The molecule has 0 rings (SSSR count). The molecule has 0 N–H and O–H groups in total. The highest BCUT2D eigenvalue weighted by atomic mass is 79.9. The lowest BCUT2D eigenvalue weighted by atomic mass is 11.1. The Morgan fingerprint density at radius 3 is 0.462 bits per heavy atom. The average Bonchev–Trinajstić information content (AvgIpc) is 1.88. The van der Waals surface area contributed by atoms with Crippen molar-refractivity contribution in [2.45, 2.75) is 0 Å². The van der Waals surface area contributed by atoms with Crippen molar-refractivity contribution in [3.05, 3.63) is 24.3 Å². The molecule has 0 unspecified atom stereocenters. The Kier molecular flexibility index (Phi) is 13.3. The SMILES string of the molecule is Br.FC(F)=C(F)F.FC(F)=C(F)F. The molecule has 0 fully saturated rings. The lowest BCUT2D eigenvalue weighted by Gasteiger charge is -1.69. The summed E-state index contributed by atoms with van der Waals surface area (Å²) < 4.78 is 82.3. The van der Waals surface area contributed by atoms with Crippen molar-refractivity contribution in [3.8, 4) is 0 Å². The van der Waals surface area contributed by atoms with Crippen LogP contribution in [-0.4, -0.2) is 0 Å². The second kappa shape index (κ2) is 9.49. The van der Waals surface area contributed by atoms with Gasteiger partial charge in [-0.3, -0.25) is 0 Å². The maximum Gasteiger partial charge on any atom is 0.334 e. The third kappa shape index (κ3) is 18.4. The minimum Gasteiger partial charge on any atom is -0.167 e. The van der Waals surface area contributed by atoms with Gasteiger partial charge in [-0.15, -0.1) is 17.0 Å². The van der Waals surface area contributed by atoms with Crippen LogP contribution >= 0.6 is 17.0 Å². The van der Waals surface area contributed by atoms with E-state index in [0.717, 1.165) is 0 Å². The van der Waals surface area contributed by atoms with E-state index in [1.54, 1.807) is 0 Å². The van der Waals surface area contributed by atoms with Gasteiger partial charge in [-0.2, -0.15) is 35.1 Å². The third-order valence-electron chi connectivity index (χ3n) is 0.286. The van der Waals surface area contributed by atoms with E-state index in [9.17, 15) is 35.1 Å². The molecule has 0 amide bonds. The molecule has 0 heterocycles. The summed E-state index contributed by atoms with van der Waals surface area (Å²) in [6, 6.07) is 0. The van der Waals surface area contributed by atoms with Crippen LogP contribution in [0.25, 0.3) is 0 Å². The molecule has 0 spiro atoms. The Hall–Kier alpha value is -0.600.